The topological polar surface area (TPSA) is 58.6 Å². The normalized spacial score (nSPS) is 10.1. The number of aromatic amines is 1. The minimum absolute atomic E-state index is 0.171. The van der Waals surface area contributed by atoms with Gasteiger partial charge in [-0.25, -0.2) is 4.98 Å². The van der Waals surface area contributed by atoms with Gasteiger partial charge in [-0.3, -0.25) is 9.78 Å². The second-order valence-corrected chi connectivity index (χ2v) is 3.60. The molecule has 2 aromatic heterocycles. The van der Waals surface area contributed by atoms with Crippen molar-refractivity contribution in [1.82, 2.24) is 15.0 Å². The first-order valence-corrected chi connectivity index (χ1v) is 4.71. The number of pyridine rings is 1. The van der Waals surface area contributed by atoms with Gasteiger partial charge < -0.3 is 4.98 Å². The number of hydrogen-bond acceptors (Lipinski definition) is 3. The van der Waals surface area contributed by atoms with Crippen LogP contribution in [0.15, 0.2) is 40.1 Å². The molecule has 5 heteroatoms. The molecule has 1 N–H and O–H groups in total. The van der Waals surface area contributed by atoms with Crippen molar-refractivity contribution in [3.05, 3.63) is 45.7 Å². The highest BCUT2D eigenvalue weighted by molar-refractivity contribution is 9.10. The van der Waals surface area contributed by atoms with Gasteiger partial charge in [-0.1, -0.05) is 0 Å². The van der Waals surface area contributed by atoms with E-state index in [1.54, 1.807) is 12.4 Å². The SMILES string of the molecule is O=c1cc(-c2cncc(Br)c2)nc[nH]1. The summed E-state index contributed by atoms with van der Waals surface area (Å²) in [6, 6.07) is 3.29. The van der Waals surface area contributed by atoms with E-state index < -0.39 is 0 Å². The van der Waals surface area contributed by atoms with Crippen LogP contribution in [0.1, 0.15) is 0 Å². The number of hydrogen-bond donors (Lipinski definition) is 1. The Morgan fingerprint density at radius 1 is 1.29 bits per heavy atom. The van der Waals surface area contributed by atoms with Crippen LogP contribution < -0.4 is 5.56 Å². The van der Waals surface area contributed by atoms with Crippen molar-refractivity contribution < 1.29 is 0 Å². The molecule has 2 aromatic rings. The van der Waals surface area contributed by atoms with Crippen molar-refractivity contribution in [2.75, 3.05) is 0 Å². The fourth-order valence-electron chi connectivity index (χ4n) is 1.08. The maximum Gasteiger partial charge on any atom is 0.251 e. The van der Waals surface area contributed by atoms with Crippen LogP contribution in [0, 0.1) is 0 Å². The fraction of sp³-hybridized carbons (Fsp3) is 0. The third kappa shape index (κ3) is 1.88. The first-order chi connectivity index (χ1) is 6.75. The molecule has 0 spiro atoms. The van der Waals surface area contributed by atoms with Crippen molar-refractivity contribution in [3.63, 3.8) is 0 Å². The molecule has 0 unspecified atom stereocenters. The average Bonchev–Trinajstić information content (AvgIpc) is 2.18. The van der Waals surface area contributed by atoms with Crippen molar-refractivity contribution in [2.24, 2.45) is 0 Å². The Labute approximate surface area is 88.2 Å². The zero-order valence-corrected chi connectivity index (χ0v) is 8.65. The van der Waals surface area contributed by atoms with Crippen LogP contribution >= 0.6 is 15.9 Å². The van der Waals surface area contributed by atoms with E-state index in [0.29, 0.717) is 5.69 Å². The standard InChI is InChI=1S/C9H6BrN3O/c10-7-1-6(3-11-4-7)8-2-9(14)13-5-12-8/h1-5H,(H,12,13,14). The Balaban J connectivity index is 2.55. The molecule has 0 bridgehead atoms. The highest BCUT2D eigenvalue weighted by Crippen LogP contribution is 2.17. The third-order valence-corrected chi connectivity index (χ3v) is 2.11. The zero-order chi connectivity index (χ0) is 9.97. The summed E-state index contributed by atoms with van der Waals surface area (Å²) in [5, 5.41) is 0. The predicted molar refractivity (Wildman–Crippen MR) is 55.8 cm³/mol. The number of aromatic nitrogens is 3. The molecule has 70 valence electrons. The van der Waals surface area contributed by atoms with Crippen molar-refractivity contribution >= 4 is 15.9 Å². The first kappa shape index (κ1) is 9.08. The van der Waals surface area contributed by atoms with Crippen LogP contribution in [0.5, 0.6) is 0 Å². The summed E-state index contributed by atoms with van der Waals surface area (Å²) in [5.74, 6) is 0. The van der Waals surface area contributed by atoms with E-state index in [9.17, 15) is 4.79 Å². The highest BCUT2D eigenvalue weighted by atomic mass is 79.9. The Bertz CT molecular complexity index is 509. The number of nitrogens with zero attached hydrogens (tertiary/aromatic N) is 2. The number of nitrogens with one attached hydrogen (secondary N) is 1. The van der Waals surface area contributed by atoms with Crippen LogP contribution in [0.4, 0.5) is 0 Å². The third-order valence-electron chi connectivity index (χ3n) is 1.68. The lowest BCUT2D eigenvalue weighted by Gasteiger charge is -1.98. The predicted octanol–water partition coefficient (Wildman–Crippen LogP) is 1.59. The minimum atomic E-state index is -0.171. The Morgan fingerprint density at radius 3 is 2.86 bits per heavy atom. The summed E-state index contributed by atoms with van der Waals surface area (Å²) in [5.41, 5.74) is 1.25. The largest absolute Gasteiger partial charge is 0.313 e. The second-order valence-electron chi connectivity index (χ2n) is 2.69. The molecule has 2 rings (SSSR count). The molecule has 0 aromatic carbocycles. The van der Waals surface area contributed by atoms with Gasteiger partial charge in [0.1, 0.15) is 0 Å². The van der Waals surface area contributed by atoms with Crippen molar-refractivity contribution in [1.29, 1.82) is 0 Å². The Hall–Kier alpha value is -1.49. The first-order valence-electron chi connectivity index (χ1n) is 3.91. The van der Waals surface area contributed by atoms with E-state index in [1.807, 2.05) is 6.07 Å². The van der Waals surface area contributed by atoms with Gasteiger partial charge in [-0.2, -0.15) is 0 Å². The molecular formula is C9H6BrN3O. The maximum atomic E-state index is 11.0. The summed E-state index contributed by atoms with van der Waals surface area (Å²) in [6.45, 7) is 0. The van der Waals surface area contributed by atoms with Crippen LogP contribution in [-0.4, -0.2) is 15.0 Å². The van der Waals surface area contributed by atoms with E-state index in [-0.39, 0.29) is 5.56 Å². The number of halogens is 1. The molecule has 2 heterocycles. The number of H-pyrrole nitrogens is 1. The smallest absolute Gasteiger partial charge is 0.251 e. The molecule has 0 aliphatic heterocycles. The summed E-state index contributed by atoms with van der Waals surface area (Å²) in [4.78, 5) is 21.5. The van der Waals surface area contributed by atoms with Crippen LogP contribution in [-0.2, 0) is 0 Å². The molecular weight excluding hydrogens is 246 g/mol. The van der Waals surface area contributed by atoms with Crippen molar-refractivity contribution in [2.45, 2.75) is 0 Å². The van der Waals surface area contributed by atoms with Crippen LogP contribution in [0.3, 0.4) is 0 Å². The molecule has 14 heavy (non-hydrogen) atoms. The van der Waals surface area contributed by atoms with Gasteiger partial charge in [-0.15, -0.1) is 0 Å². The number of rotatable bonds is 1. The average molecular weight is 252 g/mol. The lowest BCUT2D eigenvalue weighted by atomic mass is 10.2. The fourth-order valence-corrected chi connectivity index (χ4v) is 1.44. The molecule has 0 saturated carbocycles. The minimum Gasteiger partial charge on any atom is -0.313 e. The van der Waals surface area contributed by atoms with E-state index >= 15 is 0 Å². The molecule has 0 radical (unpaired) electrons. The van der Waals surface area contributed by atoms with E-state index in [0.717, 1.165) is 10.0 Å². The lowest BCUT2D eigenvalue weighted by molar-refractivity contribution is 1.12. The molecule has 0 aliphatic carbocycles. The molecule has 0 saturated heterocycles. The van der Waals surface area contributed by atoms with Gasteiger partial charge in [-0.05, 0) is 22.0 Å². The molecule has 0 aliphatic rings. The zero-order valence-electron chi connectivity index (χ0n) is 7.07. The summed E-state index contributed by atoms with van der Waals surface area (Å²) < 4.78 is 0.858. The summed E-state index contributed by atoms with van der Waals surface area (Å²) in [7, 11) is 0. The highest BCUT2D eigenvalue weighted by Gasteiger charge is 2.00. The van der Waals surface area contributed by atoms with Gasteiger partial charge in [0.25, 0.3) is 5.56 Å². The maximum absolute atomic E-state index is 11.0. The van der Waals surface area contributed by atoms with E-state index in [2.05, 4.69) is 30.9 Å². The quantitative estimate of drug-likeness (QED) is 0.838. The van der Waals surface area contributed by atoms with Crippen molar-refractivity contribution in [3.8, 4) is 11.3 Å². The lowest BCUT2D eigenvalue weighted by Crippen LogP contribution is -2.04. The second kappa shape index (κ2) is 3.71. The van der Waals surface area contributed by atoms with Gasteiger partial charge in [0.05, 0.1) is 12.0 Å². The Kier molecular flexibility index (Phi) is 2.41. The summed E-state index contributed by atoms with van der Waals surface area (Å²) in [6.07, 6.45) is 4.71. The van der Waals surface area contributed by atoms with E-state index in [4.69, 9.17) is 0 Å². The molecule has 0 atom stereocenters. The van der Waals surface area contributed by atoms with Gasteiger partial charge in [0.2, 0.25) is 0 Å². The molecule has 4 nitrogen and oxygen atoms in total. The van der Waals surface area contributed by atoms with Gasteiger partial charge >= 0.3 is 0 Å². The van der Waals surface area contributed by atoms with Gasteiger partial charge in [0.15, 0.2) is 0 Å². The van der Waals surface area contributed by atoms with Crippen LogP contribution in [0.25, 0.3) is 11.3 Å². The molecule has 0 fully saturated rings. The van der Waals surface area contributed by atoms with E-state index in [1.165, 1.54) is 12.4 Å². The monoisotopic (exact) mass is 251 g/mol. The summed E-state index contributed by atoms with van der Waals surface area (Å²) >= 11 is 3.30. The van der Waals surface area contributed by atoms with Crippen LogP contribution in [0.2, 0.25) is 0 Å². The molecule has 0 amide bonds. The van der Waals surface area contributed by atoms with Gasteiger partial charge in [0, 0.05) is 28.5 Å². The Morgan fingerprint density at radius 2 is 2.14 bits per heavy atom.